The standard InChI is InChI=1S/2C18H15P.C13H7ClN4S.C7H6BNO2S.C6H3ClIN3.2ClH.Pd/c2*1-4-10-16(11-5-1)19(17-12-6-2-7-13-17)18-14-8-3-9-15-18;14-12-3-4-13-16-7-9(18(13)17-12)11-6-8-10(19-11)2-1-5-15-8;10-8(11)7-4-5-6(12-7)2-1-3-9-5;7-4-1-2-6-9-3-5(8)11(6)10-4;;;/h2*1-15H;1-7H;1-4,10-11H;1-3H;2*1H;/q;;;;;;;+2/p-2. The average molecular weight is 1450 g/mol. The number of aromatic nitrogens is 8. The minimum atomic E-state index is -1.39. The van der Waals surface area contributed by atoms with Crippen LogP contribution in [0.3, 0.4) is 0 Å². The molecule has 14 aromatic rings. The summed E-state index contributed by atoms with van der Waals surface area (Å²) in [5.41, 5.74) is 4.33. The first kappa shape index (κ1) is 61.7. The molecule has 21 heteroatoms. The van der Waals surface area contributed by atoms with E-state index in [2.05, 4.69) is 241 Å². The van der Waals surface area contributed by atoms with Crippen molar-refractivity contribution in [2.45, 2.75) is 0 Å². The van der Waals surface area contributed by atoms with E-state index >= 15 is 0 Å². The fourth-order valence-electron chi connectivity index (χ4n) is 8.21. The zero-order valence-corrected chi connectivity index (χ0v) is 53.5. The van der Waals surface area contributed by atoms with Crippen LogP contribution in [-0.2, 0) is 15.9 Å². The topological polar surface area (TPSA) is 127 Å². The van der Waals surface area contributed by atoms with Crippen molar-refractivity contribution in [3.63, 3.8) is 0 Å². The van der Waals surface area contributed by atoms with Crippen LogP contribution in [0.25, 0.3) is 42.3 Å². The van der Waals surface area contributed by atoms with Crippen molar-refractivity contribution in [2.75, 3.05) is 0 Å². The van der Waals surface area contributed by atoms with Gasteiger partial charge in [-0.3, -0.25) is 9.97 Å². The fraction of sp³-hybridized carbons (Fsp3) is 0. The zero-order chi connectivity index (χ0) is 57.8. The molecule has 0 radical (unpaired) electrons. The van der Waals surface area contributed by atoms with Gasteiger partial charge in [0.2, 0.25) is 0 Å². The number of halogens is 5. The maximum Gasteiger partial charge on any atom is -0.0134 e. The van der Waals surface area contributed by atoms with Gasteiger partial charge in [-0.25, -0.2) is 19.0 Å². The van der Waals surface area contributed by atoms with Crippen LogP contribution in [0, 0.1) is 3.70 Å². The van der Waals surface area contributed by atoms with Crippen LogP contribution in [-0.4, -0.2) is 56.3 Å². The van der Waals surface area contributed by atoms with Gasteiger partial charge in [0.25, 0.3) is 0 Å². The van der Waals surface area contributed by atoms with Crippen LogP contribution in [0.5, 0.6) is 0 Å². The maximum atomic E-state index is 8.86. The van der Waals surface area contributed by atoms with Crippen LogP contribution >= 0.6 is 103 Å². The van der Waals surface area contributed by atoms with E-state index in [9.17, 15) is 0 Å². The number of rotatable bonds is 8. The molecule has 2 N–H and O–H groups in total. The molecule has 8 heterocycles. The maximum absolute atomic E-state index is 8.86. The Balaban J connectivity index is 0.000000125. The number of nitrogens with zero attached hydrogens (tertiary/aromatic N) is 8. The van der Waals surface area contributed by atoms with Crippen molar-refractivity contribution in [1.82, 2.24) is 39.2 Å². The zero-order valence-electron chi connectivity index (χ0n) is 43.4. The van der Waals surface area contributed by atoms with Crippen LogP contribution in [0.2, 0.25) is 10.3 Å². The molecule has 0 saturated carbocycles. The number of hydrogen-bond acceptors (Lipinski definition) is 10. The van der Waals surface area contributed by atoms with Crippen molar-refractivity contribution < 1.29 is 26.0 Å². The molecule has 0 fully saturated rings. The normalized spacial score (nSPS) is 10.7. The van der Waals surface area contributed by atoms with Crippen molar-refractivity contribution in [3.05, 3.63) is 281 Å². The second kappa shape index (κ2) is 31.9. The van der Waals surface area contributed by atoms with Gasteiger partial charge in [0.15, 0.2) is 11.3 Å². The molecule has 0 unspecified atom stereocenters. The molecule has 0 atom stereocenters. The van der Waals surface area contributed by atoms with Crippen LogP contribution in [0.1, 0.15) is 0 Å². The summed E-state index contributed by atoms with van der Waals surface area (Å²) in [7, 11) is 7.35. The molecular formula is C62H46BCl4IN8O2P2PdS2. The first-order valence-corrected chi connectivity index (χ1v) is 35.3. The van der Waals surface area contributed by atoms with E-state index in [0.29, 0.717) is 15.1 Å². The number of thiophene rings is 2. The summed E-state index contributed by atoms with van der Waals surface area (Å²) in [5, 5.41) is 35.4. The minimum Gasteiger partial charge on any atom is -0.0622 e. The summed E-state index contributed by atoms with van der Waals surface area (Å²) in [6.45, 7) is 0. The SMILES string of the molecule is Clc1ccc2ncc(-c3cc4ncccc4s3)n2n1.Clc1ccc2ncc(I)n2n1.OB(O)c1cc2ncccc2s1.[Cl][Pd][Cl].c1ccc(P(c2ccccc2)c2ccccc2)cc1.c1ccc(P(c2ccccc2)c2ccccc2)cc1. The van der Waals surface area contributed by atoms with Gasteiger partial charge in [-0.2, -0.15) is 10.2 Å². The molecule has 6 aromatic carbocycles. The third kappa shape index (κ3) is 17.2. The fourth-order valence-corrected chi connectivity index (χ4v) is 15.5. The van der Waals surface area contributed by atoms with E-state index in [4.69, 9.17) is 52.3 Å². The molecule has 0 aliphatic carbocycles. The monoisotopic (exact) mass is 1440 g/mol. The van der Waals surface area contributed by atoms with Gasteiger partial charge in [0, 0.05) is 17.2 Å². The summed E-state index contributed by atoms with van der Waals surface area (Å²) in [5.74, 6) is 0. The third-order valence-corrected chi connectivity index (χ3v) is 20.1. The predicted molar refractivity (Wildman–Crippen MR) is 359 cm³/mol. The second-order valence-corrected chi connectivity index (χ2v) is 28.1. The Morgan fingerprint density at radius 1 is 0.434 bits per heavy atom. The second-order valence-electron chi connectivity index (χ2n) is 17.2. The molecule has 10 nitrogen and oxygen atoms in total. The van der Waals surface area contributed by atoms with E-state index in [1.54, 1.807) is 57.2 Å². The van der Waals surface area contributed by atoms with Gasteiger partial charge in [-0.1, -0.05) is 205 Å². The predicted octanol–water partition coefficient (Wildman–Crippen LogP) is 13.9. The van der Waals surface area contributed by atoms with E-state index < -0.39 is 23.0 Å². The minimum absolute atomic E-state index is 0.106. The summed E-state index contributed by atoms with van der Waals surface area (Å²) < 4.78 is 7.06. The first-order valence-electron chi connectivity index (χ1n) is 25.1. The van der Waals surface area contributed by atoms with E-state index in [0.717, 1.165) is 46.0 Å². The molecule has 8 aromatic heterocycles. The Morgan fingerprint density at radius 3 is 1.18 bits per heavy atom. The number of benzene rings is 6. The van der Waals surface area contributed by atoms with Gasteiger partial charge < -0.3 is 10.0 Å². The van der Waals surface area contributed by atoms with Crippen LogP contribution < -0.4 is 36.6 Å². The van der Waals surface area contributed by atoms with Gasteiger partial charge in [-0.05, 0) is 131 Å². The molecule has 14 rings (SSSR count). The average Bonchev–Trinajstić information content (AvgIpc) is 4.50. The van der Waals surface area contributed by atoms with Crippen molar-refractivity contribution >= 4 is 179 Å². The van der Waals surface area contributed by atoms with Gasteiger partial charge >= 0.3 is 42.1 Å². The number of fused-ring (bicyclic) bond motifs is 4. The van der Waals surface area contributed by atoms with Crippen molar-refractivity contribution in [3.8, 4) is 10.6 Å². The summed E-state index contributed by atoms with van der Waals surface area (Å²) in [6.07, 6.45) is 7.04. The van der Waals surface area contributed by atoms with E-state index in [-0.39, 0.29) is 15.9 Å². The molecule has 0 amide bonds. The Bertz CT molecular complexity index is 3860. The number of hydrogen-bond donors (Lipinski definition) is 2. The Hall–Kier alpha value is -5.82. The van der Waals surface area contributed by atoms with Gasteiger partial charge in [0.1, 0.15) is 19.7 Å². The summed E-state index contributed by atoms with van der Waals surface area (Å²) >= 11 is 16.7. The number of pyridine rings is 2. The molecule has 0 spiro atoms. The first-order chi connectivity index (χ1) is 40.7. The van der Waals surface area contributed by atoms with Crippen LogP contribution in [0.15, 0.2) is 267 Å². The molecule has 83 heavy (non-hydrogen) atoms. The summed E-state index contributed by atoms with van der Waals surface area (Å²) in [4.78, 5) is 17.9. The molecular weight excluding hydrogens is 1400 g/mol. The molecule has 0 saturated heterocycles. The quantitative estimate of drug-likeness (QED) is 0.0875. The van der Waals surface area contributed by atoms with Crippen molar-refractivity contribution in [2.24, 2.45) is 0 Å². The van der Waals surface area contributed by atoms with Crippen molar-refractivity contribution in [1.29, 1.82) is 0 Å². The molecule has 0 aliphatic rings. The largest absolute Gasteiger partial charge is 0.0622 e. The van der Waals surface area contributed by atoms with Gasteiger partial charge in [-0.15, -0.1) is 22.7 Å². The number of imidazole rings is 2. The molecule has 0 aliphatic heterocycles. The molecule has 0 bridgehead atoms. The van der Waals surface area contributed by atoms with E-state index in [1.807, 2.05) is 42.6 Å². The molecule has 416 valence electrons. The summed E-state index contributed by atoms with van der Waals surface area (Å²) in [6, 6.07) is 83.2. The Labute approximate surface area is 530 Å². The Kier molecular flexibility index (Phi) is 23.7. The smallest absolute Gasteiger partial charge is 0.0134 e. The third-order valence-electron chi connectivity index (χ3n) is 11.8. The van der Waals surface area contributed by atoms with Crippen LogP contribution in [0.4, 0.5) is 0 Å². The Morgan fingerprint density at radius 2 is 0.795 bits per heavy atom. The van der Waals surface area contributed by atoms with Gasteiger partial charge in [0.05, 0.1) is 37.7 Å². The van der Waals surface area contributed by atoms with E-state index in [1.165, 1.54) is 43.2 Å².